The molecule has 2 aliphatic rings. The van der Waals surface area contributed by atoms with Crippen molar-refractivity contribution in [2.45, 2.75) is 26.5 Å². The number of halogens is 2. The first-order valence-electron chi connectivity index (χ1n) is 13.1. The number of fused-ring (bicyclic) bond motifs is 2. The van der Waals surface area contributed by atoms with Gasteiger partial charge in [-0.2, -0.15) is 0 Å². The number of benzene rings is 3. The number of hydrogen-bond donors (Lipinski definition) is 0. The van der Waals surface area contributed by atoms with Crippen LogP contribution in [0.4, 0.5) is 0 Å². The van der Waals surface area contributed by atoms with Gasteiger partial charge in [0, 0.05) is 4.47 Å². The minimum atomic E-state index is -0.738. The molecule has 0 spiro atoms. The van der Waals surface area contributed by atoms with Crippen LogP contribution in [0.1, 0.15) is 36.6 Å². The number of aromatic nitrogens is 1. The predicted octanol–water partition coefficient (Wildman–Crippen LogP) is 5.63. The molecule has 0 N–H and O–H groups in total. The summed E-state index contributed by atoms with van der Waals surface area (Å²) in [6.45, 7) is 4.24. The second-order valence-corrected chi connectivity index (χ2v) is 12.3. The summed E-state index contributed by atoms with van der Waals surface area (Å²) in [5.74, 6) is 1.34. The number of ether oxygens (including phenoxy) is 4. The van der Waals surface area contributed by atoms with Crippen LogP contribution >= 0.6 is 43.2 Å². The van der Waals surface area contributed by atoms with Crippen LogP contribution < -0.4 is 29.1 Å². The third-order valence-corrected chi connectivity index (χ3v) is 8.92. The lowest BCUT2D eigenvalue weighted by Gasteiger charge is -2.24. The molecular weight excluding hydrogens is 688 g/mol. The zero-order chi connectivity index (χ0) is 29.4. The van der Waals surface area contributed by atoms with Gasteiger partial charge in [0.1, 0.15) is 12.4 Å². The summed E-state index contributed by atoms with van der Waals surface area (Å²) in [7, 11) is 0. The Morgan fingerprint density at radius 1 is 1.10 bits per heavy atom. The standard InChI is InChI=1S/C31H24Br2N2O6S/c1-3-38-30(37)27-17(2)34-31-35(28(27)20-7-11-24-25(14-20)41-16-40-24)29(36)26(42-31)13-19-6-10-23(22(33)12-19)39-15-18-4-8-21(32)9-5-18/h4-14,28H,3,15-16H2,1-2H3/b26-13-/t28-/m0/s1. The summed E-state index contributed by atoms with van der Waals surface area (Å²) in [4.78, 5) is 32.2. The molecule has 0 fully saturated rings. The van der Waals surface area contributed by atoms with Crippen LogP contribution in [0, 0.1) is 0 Å². The number of rotatable bonds is 7. The third kappa shape index (κ3) is 5.56. The van der Waals surface area contributed by atoms with Crippen molar-refractivity contribution in [3.05, 3.63) is 117 Å². The van der Waals surface area contributed by atoms with E-state index in [1.807, 2.05) is 54.6 Å². The van der Waals surface area contributed by atoms with Gasteiger partial charge in [0.05, 0.1) is 32.9 Å². The summed E-state index contributed by atoms with van der Waals surface area (Å²) in [5.41, 5.74) is 3.10. The minimum Gasteiger partial charge on any atom is -0.488 e. The molecule has 42 heavy (non-hydrogen) atoms. The maximum absolute atomic E-state index is 13.9. The monoisotopic (exact) mass is 710 g/mol. The van der Waals surface area contributed by atoms with Gasteiger partial charge < -0.3 is 18.9 Å². The van der Waals surface area contributed by atoms with E-state index in [9.17, 15) is 9.59 Å². The number of allylic oxidation sites excluding steroid dienone is 1. The van der Waals surface area contributed by atoms with E-state index in [-0.39, 0.29) is 19.0 Å². The molecule has 0 unspecified atom stereocenters. The van der Waals surface area contributed by atoms with Gasteiger partial charge in [0.15, 0.2) is 16.3 Å². The lowest BCUT2D eigenvalue weighted by molar-refractivity contribution is -0.139. The predicted molar refractivity (Wildman–Crippen MR) is 166 cm³/mol. The number of carbonyl (C=O) groups excluding carboxylic acids is 1. The van der Waals surface area contributed by atoms with Crippen molar-refractivity contribution in [3.63, 3.8) is 0 Å². The van der Waals surface area contributed by atoms with E-state index in [4.69, 9.17) is 18.9 Å². The second-order valence-electron chi connectivity index (χ2n) is 9.52. The molecule has 3 heterocycles. The minimum absolute atomic E-state index is 0.116. The smallest absolute Gasteiger partial charge is 0.338 e. The Kier molecular flexibility index (Phi) is 8.06. The van der Waals surface area contributed by atoms with Crippen LogP contribution in [0.15, 0.2) is 90.7 Å². The second kappa shape index (κ2) is 11.9. The van der Waals surface area contributed by atoms with E-state index in [0.29, 0.717) is 50.0 Å². The van der Waals surface area contributed by atoms with Crippen molar-refractivity contribution in [2.75, 3.05) is 13.4 Å². The van der Waals surface area contributed by atoms with Crippen molar-refractivity contribution in [3.8, 4) is 17.2 Å². The van der Waals surface area contributed by atoms with Gasteiger partial charge in [0.2, 0.25) is 6.79 Å². The largest absolute Gasteiger partial charge is 0.488 e. The van der Waals surface area contributed by atoms with Gasteiger partial charge in [-0.15, -0.1) is 0 Å². The van der Waals surface area contributed by atoms with Crippen LogP contribution in [-0.2, 0) is 16.1 Å². The lowest BCUT2D eigenvalue weighted by atomic mass is 9.95. The Labute approximate surface area is 261 Å². The average Bonchev–Trinajstić information content (AvgIpc) is 3.56. The SMILES string of the molecule is CCOC(=O)C1=C(C)N=c2s/c(=C\c3ccc(OCc4ccc(Br)cc4)c(Br)c3)c(=O)n2[C@H]1c1ccc2c(c1)OCO2. The normalized spacial score (nSPS) is 15.8. The van der Waals surface area contributed by atoms with Crippen LogP contribution in [0.2, 0.25) is 0 Å². The zero-order valence-corrected chi connectivity index (χ0v) is 26.5. The molecule has 214 valence electrons. The van der Waals surface area contributed by atoms with E-state index in [1.54, 1.807) is 30.5 Å². The van der Waals surface area contributed by atoms with E-state index < -0.39 is 12.0 Å². The molecule has 0 bridgehead atoms. The van der Waals surface area contributed by atoms with Gasteiger partial charge in [-0.25, -0.2) is 9.79 Å². The van der Waals surface area contributed by atoms with Crippen LogP contribution in [0.3, 0.4) is 0 Å². The van der Waals surface area contributed by atoms with Crippen molar-refractivity contribution in [1.82, 2.24) is 4.57 Å². The summed E-state index contributed by atoms with van der Waals surface area (Å²) in [6, 6.07) is 18.3. The molecule has 6 rings (SSSR count). The molecule has 8 nitrogen and oxygen atoms in total. The zero-order valence-electron chi connectivity index (χ0n) is 22.6. The van der Waals surface area contributed by atoms with Crippen molar-refractivity contribution >= 4 is 55.2 Å². The van der Waals surface area contributed by atoms with Gasteiger partial charge in [-0.05, 0) is 88.9 Å². The van der Waals surface area contributed by atoms with E-state index in [2.05, 4.69) is 36.9 Å². The quantitative estimate of drug-likeness (QED) is 0.231. The average molecular weight is 712 g/mol. The molecule has 0 aliphatic carbocycles. The maximum atomic E-state index is 13.9. The summed E-state index contributed by atoms with van der Waals surface area (Å²) < 4.78 is 26.2. The fraction of sp³-hybridized carbons (Fsp3) is 0.194. The fourth-order valence-corrected chi connectivity index (χ4v) is 6.63. The highest BCUT2D eigenvalue weighted by atomic mass is 79.9. The Bertz CT molecular complexity index is 1910. The summed E-state index contributed by atoms with van der Waals surface area (Å²) >= 11 is 8.31. The van der Waals surface area contributed by atoms with Gasteiger partial charge >= 0.3 is 5.97 Å². The molecule has 4 aromatic rings. The highest BCUT2D eigenvalue weighted by Crippen LogP contribution is 2.38. The molecule has 1 aromatic heterocycles. The van der Waals surface area contributed by atoms with Crippen LogP contribution in [0.5, 0.6) is 17.2 Å². The third-order valence-electron chi connectivity index (χ3n) is 6.79. The van der Waals surface area contributed by atoms with Crippen molar-refractivity contribution in [2.24, 2.45) is 4.99 Å². The van der Waals surface area contributed by atoms with Crippen LogP contribution in [0.25, 0.3) is 6.08 Å². The lowest BCUT2D eigenvalue weighted by Crippen LogP contribution is -2.39. The molecule has 11 heteroatoms. The van der Waals surface area contributed by atoms with Gasteiger partial charge in [0.25, 0.3) is 5.56 Å². The highest BCUT2D eigenvalue weighted by Gasteiger charge is 2.34. The van der Waals surface area contributed by atoms with Gasteiger partial charge in [-0.3, -0.25) is 9.36 Å². The molecule has 3 aromatic carbocycles. The number of nitrogens with zero attached hydrogens (tertiary/aromatic N) is 2. The Morgan fingerprint density at radius 2 is 1.88 bits per heavy atom. The molecule has 0 saturated carbocycles. The molecule has 0 saturated heterocycles. The number of hydrogen-bond acceptors (Lipinski definition) is 8. The molecule has 0 radical (unpaired) electrons. The summed E-state index contributed by atoms with van der Waals surface area (Å²) in [5, 5.41) is 0. The number of esters is 1. The topological polar surface area (TPSA) is 88.4 Å². The van der Waals surface area contributed by atoms with E-state index >= 15 is 0 Å². The highest BCUT2D eigenvalue weighted by molar-refractivity contribution is 9.10. The Balaban J connectivity index is 1.37. The first kappa shape index (κ1) is 28.4. The summed E-state index contributed by atoms with van der Waals surface area (Å²) in [6.07, 6.45) is 1.81. The van der Waals surface area contributed by atoms with Gasteiger partial charge in [-0.1, -0.05) is 51.5 Å². The van der Waals surface area contributed by atoms with Crippen molar-refractivity contribution in [1.29, 1.82) is 0 Å². The van der Waals surface area contributed by atoms with Crippen molar-refractivity contribution < 1.29 is 23.7 Å². The molecular formula is C31H24Br2N2O6S. The molecule has 0 amide bonds. The number of thiazole rings is 1. The van der Waals surface area contributed by atoms with E-state index in [1.165, 1.54) is 11.3 Å². The van der Waals surface area contributed by atoms with E-state index in [0.717, 1.165) is 20.1 Å². The Hall–Kier alpha value is -3.67. The number of carbonyl (C=O) groups is 1. The first-order valence-corrected chi connectivity index (χ1v) is 15.5. The molecule has 1 atom stereocenters. The van der Waals surface area contributed by atoms with Crippen LogP contribution in [-0.4, -0.2) is 23.9 Å². The maximum Gasteiger partial charge on any atom is 0.338 e. The fourth-order valence-electron chi connectivity index (χ4n) is 4.81. The first-order chi connectivity index (χ1) is 20.3. The molecule has 2 aliphatic heterocycles. The Morgan fingerprint density at radius 3 is 2.64 bits per heavy atom.